The number of thiophene rings is 1. The number of nitrogens with one attached hydrogen (secondary N) is 1. The van der Waals surface area contributed by atoms with E-state index in [4.69, 9.17) is 14.5 Å². The molecule has 0 spiro atoms. The Morgan fingerprint density at radius 2 is 1.94 bits per heavy atom. The molecular weight excluding hydrogens is 482 g/mol. The molecule has 0 fully saturated rings. The first-order chi connectivity index (χ1) is 16.8. The summed E-state index contributed by atoms with van der Waals surface area (Å²) in [4.78, 5) is 19.8. The second kappa shape index (κ2) is 9.31. The van der Waals surface area contributed by atoms with Crippen LogP contribution in [0.4, 0.5) is 5.69 Å². The molecule has 1 aromatic carbocycles. The normalized spacial score (nSPS) is 15.9. The van der Waals surface area contributed by atoms with Crippen LogP contribution < -0.4 is 14.8 Å². The average molecular weight is 512 g/mol. The summed E-state index contributed by atoms with van der Waals surface area (Å²) in [6.07, 6.45) is 5.08. The van der Waals surface area contributed by atoms with E-state index in [1.54, 1.807) is 50.1 Å². The van der Waals surface area contributed by atoms with Crippen LogP contribution in [0.5, 0.6) is 11.5 Å². The minimum absolute atomic E-state index is 0.155. The van der Waals surface area contributed by atoms with E-state index in [0.717, 1.165) is 28.7 Å². The predicted octanol–water partition coefficient (Wildman–Crippen LogP) is 5.24. The number of nitrogens with zero attached hydrogens (tertiary/aromatic N) is 4. The van der Waals surface area contributed by atoms with Gasteiger partial charge in [-0.05, 0) is 36.2 Å². The van der Waals surface area contributed by atoms with Crippen LogP contribution >= 0.6 is 23.1 Å². The molecule has 1 atom stereocenters. The summed E-state index contributed by atoms with van der Waals surface area (Å²) in [7, 11) is 3.15. The van der Waals surface area contributed by atoms with Crippen molar-refractivity contribution in [3.8, 4) is 11.5 Å². The molecule has 3 heterocycles. The number of aromatic nitrogens is 4. The fourth-order valence-corrected chi connectivity index (χ4v) is 6.56. The van der Waals surface area contributed by atoms with E-state index in [9.17, 15) is 4.79 Å². The fourth-order valence-electron chi connectivity index (χ4n) is 4.60. The van der Waals surface area contributed by atoms with Crippen molar-refractivity contribution in [3.05, 3.63) is 35.0 Å². The van der Waals surface area contributed by atoms with Crippen LogP contribution in [0, 0.1) is 11.3 Å². The number of thioether (sulfide) groups is 1. The van der Waals surface area contributed by atoms with Gasteiger partial charge < -0.3 is 14.8 Å². The lowest BCUT2D eigenvalue weighted by molar-refractivity contribution is -0.113. The zero-order valence-electron chi connectivity index (χ0n) is 20.5. The Balaban J connectivity index is 1.34. The van der Waals surface area contributed by atoms with Crippen LogP contribution in [0.2, 0.25) is 0 Å². The van der Waals surface area contributed by atoms with Crippen LogP contribution in [0.15, 0.2) is 29.7 Å². The lowest BCUT2D eigenvalue weighted by atomic mass is 9.72. The Bertz CT molecular complexity index is 1380. The smallest absolute Gasteiger partial charge is 0.234 e. The SMILES string of the molecule is COc1cc(NC(=O)CSc2nnc3c4c5c(sc4ncn23)CC(C(C)(C)C)CC5)cc(OC)c1. The Kier molecular flexibility index (Phi) is 6.35. The number of hydrogen-bond acceptors (Lipinski definition) is 8. The lowest BCUT2D eigenvalue weighted by Crippen LogP contribution is -2.26. The minimum atomic E-state index is -0.155. The van der Waals surface area contributed by atoms with Gasteiger partial charge in [0.1, 0.15) is 22.7 Å². The molecule has 8 nitrogen and oxygen atoms in total. The standard InChI is InChI=1S/C25H29N5O3S2/c1-25(2,3)14-6-7-18-19(8-14)35-23-21(18)22-28-29-24(30(22)13-26-23)34-12-20(31)27-15-9-16(32-4)11-17(10-15)33-5/h9-11,13-14H,6-8,12H2,1-5H3,(H,27,31). The summed E-state index contributed by atoms with van der Waals surface area (Å²) in [6.45, 7) is 6.99. The Morgan fingerprint density at radius 3 is 2.63 bits per heavy atom. The molecule has 184 valence electrons. The van der Waals surface area contributed by atoms with E-state index in [0.29, 0.717) is 33.7 Å². The molecule has 0 saturated carbocycles. The lowest BCUT2D eigenvalue weighted by Gasteiger charge is -2.33. The van der Waals surface area contributed by atoms with Crippen LogP contribution in [0.3, 0.4) is 0 Å². The van der Waals surface area contributed by atoms with Gasteiger partial charge in [0.05, 0.1) is 25.4 Å². The number of aryl methyl sites for hydroxylation is 1. The van der Waals surface area contributed by atoms with Gasteiger partial charge in [-0.25, -0.2) is 4.98 Å². The summed E-state index contributed by atoms with van der Waals surface area (Å²) in [6, 6.07) is 5.26. The molecule has 1 amide bonds. The number of rotatable bonds is 6. The van der Waals surface area contributed by atoms with Crippen molar-refractivity contribution in [2.75, 3.05) is 25.3 Å². The maximum Gasteiger partial charge on any atom is 0.234 e. The van der Waals surface area contributed by atoms with Gasteiger partial charge in [-0.2, -0.15) is 0 Å². The van der Waals surface area contributed by atoms with Crippen molar-refractivity contribution >= 4 is 50.6 Å². The molecule has 0 aliphatic heterocycles. The van der Waals surface area contributed by atoms with E-state index in [-0.39, 0.29) is 11.7 Å². The maximum absolute atomic E-state index is 12.6. The molecule has 0 radical (unpaired) electrons. The summed E-state index contributed by atoms with van der Waals surface area (Å²) < 4.78 is 12.4. The number of carbonyl (C=O) groups excluding carboxylic acids is 1. The molecule has 1 aliphatic rings. The number of fused-ring (bicyclic) bond motifs is 5. The van der Waals surface area contributed by atoms with Crippen molar-refractivity contribution in [1.29, 1.82) is 0 Å². The highest BCUT2D eigenvalue weighted by atomic mass is 32.2. The number of carbonyl (C=O) groups is 1. The molecule has 1 aliphatic carbocycles. The topological polar surface area (TPSA) is 90.6 Å². The van der Waals surface area contributed by atoms with E-state index in [1.165, 1.54) is 28.6 Å². The highest BCUT2D eigenvalue weighted by Crippen LogP contribution is 2.43. The molecule has 1 unspecified atom stereocenters. The molecule has 1 N–H and O–H groups in total. The third kappa shape index (κ3) is 4.69. The van der Waals surface area contributed by atoms with Crippen LogP contribution in [0.1, 0.15) is 37.6 Å². The second-order valence-corrected chi connectivity index (χ2v) is 11.9. The minimum Gasteiger partial charge on any atom is -0.497 e. The molecule has 5 rings (SSSR count). The number of amides is 1. The number of methoxy groups -OCH3 is 2. The van der Waals surface area contributed by atoms with E-state index in [2.05, 4.69) is 36.3 Å². The molecule has 3 aromatic heterocycles. The first-order valence-corrected chi connectivity index (χ1v) is 13.4. The summed E-state index contributed by atoms with van der Waals surface area (Å²) >= 11 is 3.12. The van der Waals surface area contributed by atoms with Gasteiger partial charge in [0.15, 0.2) is 10.8 Å². The van der Waals surface area contributed by atoms with Crippen LogP contribution in [-0.4, -0.2) is 45.5 Å². The number of anilines is 1. The second-order valence-electron chi connectivity index (χ2n) is 9.85. The number of benzene rings is 1. The first kappa shape index (κ1) is 23.9. The van der Waals surface area contributed by atoms with Crippen molar-refractivity contribution in [2.45, 2.75) is 45.2 Å². The molecule has 10 heteroatoms. The van der Waals surface area contributed by atoms with Gasteiger partial charge in [-0.1, -0.05) is 32.5 Å². The van der Waals surface area contributed by atoms with Gasteiger partial charge in [0.2, 0.25) is 5.91 Å². The zero-order chi connectivity index (χ0) is 24.7. The largest absolute Gasteiger partial charge is 0.497 e. The number of ether oxygens (including phenoxy) is 2. The van der Waals surface area contributed by atoms with Crippen LogP contribution in [0.25, 0.3) is 15.9 Å². The van der Waals surface area contributed by atoms with Crippen molar-refractivity contribution in [3.63, 3.8) is 0 Å². The summed E-state index contributed by atoms with van der Waals surface area (Å²) in [5.41, 5.74) is 3.10. The quantitative estimate of drug-likeness (QED) is 0.354. The summed E-state index contributed by atoms with van der Waals surface area (Å²) in [5, 5.41) is 13.5. The molecule has 0 bridgehead atoms. The highest BCUT2D eigenvalue weighted by Gasteiger charge is 2.32. The fraction of sp³-hybridized carbons (Fsp3) is 0.440. The van der Waals surface area contributed by atoms with Gasteiger partial charge in [-0.15, -0.1) is 21.5 Å². The monoisotopic (exact) mass is 511 g/mol. The predicted molar refractivity (Wildman–Crippen MR) is 140 cm³/mol. The molecular formula is C25H29N5O3S2. The highest BCUT2D eigenvalue weighted by molar-refractivity contribution is 7.99. The van der Waals surface area contributed by atoms with Gasteiger partial charge in [0, 0.05) is 28.8 Å². The average Bonchev–Trinajstić information content (AvgIpc) is 3.42. The maximum atomic E-state index is 12.6. The Labute approximate surface area is 212 Å². The molecule has 35 heavy (non-hydrogen) atoms. The third-order valence-corrected chi connectivity index (χ3v) is 8.72. The molecule has 0 saturated heterocycles. The van der Waals surface area contributed by atoms with E-state index >= 15 is 0 Å². The van der Waals surface area contributed by atoms with E-state index in [1.807, 2.05) is 4.40 Å². The first-order valence-electron chi connectivity index (χ1n) is 11.6. The van der Waals surface area contributed by atoms with Gasteiger partial charge in [-0.3, -0.25) is 9.20 Å². The Hall–Kier alpha value is -2.85. The number of hydrogen-bond donors (Lipinski definition) is 1. The summed E-state index contributed by atoms with van der Waals surface area (Å²) in [5.74, 6) is 1.92. The van der Waals surface area contributed by atoms with Crippen molar-refractivity contribution < 1.29 is 14.3 Å². The van der Waals surface area contributed by atoms with E-state index < -0.39 is 0 Å². The van der Waals surface area contributed by atoms with Gasteiger partial charge in [0.25, 0.3) is 0 Å². The van der Waals surface area contributed by atoms with Crippen LogP contribution in [-0.2, 0) is 17.6 Å². The molecule has 4 aromatic rings. The van der Waals surface area contributed by atoms with Crippen molar-refractivity contribution in [2.24, 2.45) is 11.3 Å². The van der Waals surface area contributed by atoms with Crippen molar-refractivity contribution in [1.82, 2.24) is 19.6 Å². The third-order valence-electron chi connectivity index (χ3n) is 6.62. The Morgan fingerprint density at radius 1 is 1.20 bits per heavy atom. The van der Waals surface area contributed by atoms with Gasteiger partial charge >= 0.3 is 0 Å². The zero-order valence-corrected chi connectivity index (χ0v) is 22.2.